The van der Waals surface area contributed by atoms with Gasteiger partial charge in [-0.15, -0.1) is 0 Å². The Morgan fingerprint density at radius 1 is 1.46 bits per heavy atom. The molecule has 0 fully saturated rings. The van der Waals surface area contributed by atoms with Gasteiger partial charge in [0.15, 0.2) is 5.82 Å². The average molecular weight is 183 g/mol. The zero-order valence-corrected chi connectivity index (χ0v) is 8.29. The molecule has 0 atom stereocenters. The summed E-state index contributed by atoms with van der Waals surface area (Å²) in [6.07, 6.45) is 2.59. The molecule has 1 aromatic heterocycles. The highest BCUT2D eigenvalue weighted by molar-refractivity contribution is 4.87. The number of hydrogen-bond donors (Lipinski definition) is 1. The van der Waals surface area contributed by atoms with Gasteiger partial charge in [-0.2, -0.15) is 4.98 Å². The lowest BCUT2D eigenvalue weighted by Crippen LogP contribution is -2.01. The zero-order chi connectivity index (χ0) is 9.68. The van der Waals surface area contributed by atoms with Gasteiger partial charge in [-0.25, -0.2) is 0 Å². The van der Waals surface area contributed by atoms with Crippen LogP contribution in [0.5, 0.6) is 0 Å². The van der Waals surface area contributed by atoms with Gasteiger partial charge in [0.1, 0.15) is 0 Å². The van der Waals surface area contributed by atoms with Crippen molar-refractivity contribution in [2.75, 3.05) is 6.54 Å². The maximum absolute atomic E-state index is 5.38. The van der Waals surface area contributed by atoms with Crippen molar-refractivity contribution < 1.29 is 4.52 Å². The number of aryl methyl sites for hydroxylation is 1. The van der Waals surface area contributed by atoms with Crippen LogP contribution < -0.4 is 5.73 Å². The third kappa shape index (κ3) is 3.55. The average Bonchev–Trinajstić information content (AvgIpc) is 2.48. The zero-order valence-electron chi connectivity index (χ0n) is 8.29. The van der Waals surface area contributed by atoms with Crippen molar-refractivity contribution in [1.82, 2.24) is 10.1 Å². The minimum atomic E-state index is 0.558. The van der Waals surface area contributed by atoms with E-state index in [0.29, 0.717) is 12.5 Å². The number of hydrogen-bond acceptors (Lipinski definition) is 4. The second kappa shape index (κ2) is 4.97. The van der Waals surface area contributed by atoms with Crippen LogP contribution in [-0.4, -0.2) is 16.7 Å². The maximum Gasteiger partial charge on any atom is 0.226 e. The topological polar surface area (TPSA) is 64.9 Å². The molecule has 0 spiro atoms. The van der Waals surface area contributed by atoms with Gasteiger partial charge in [0.2, 0.25) is 5.89 Å². The Bertz CT molecular complexity index is 245. The minimum absolute atomic E-state index is 0.558. The van der Waals surface area contributed by atoms with Crippen molar-refractivity contribution in [2.45, 2.75) is 33.1 Å². The standard InChI is InChI=1S/C9H17N3O/c1-7(2)6-9-11-8(12-13-9)4-3-5-10/h7H,3-6,10H2,1-2H3. The highest BCUT2D eigenvalue weighted by Gasteiger charge is 2.06. The van der Waals surface area contributed by atoms with Gasteiger partial charge in [0.05, 0.1) is 0 Å². The van der Waals surface area contributed by atoms with Crippen LogP contribution in [0, 0.1) is 5.92 Å². The fourth-order valence-corrected chi connectivity index (χ4v) is 1.08. The van der Waals surface area contributed by atoms with Crippen LogP contribution in [0.2, 0.25) is 0 Å². The van der Waals surface area contributed by atoms with Gasteiger partial charge in [-0.05, 0) is 18.9 Å². The maximum atomic E-state index is 5.38. The van der Waals surface area contributed by atoms with Gasteiger partial charge < -0.3 is 10.3 Å². The van der Waals surface area contributed by atoms with Crippen molar-refractivity contribution in [3.8, 4) is 0 Å². The molecule has 1 aromatic rings. The predicted molar refractivity (Wildman–Crippen MR) is 50.2 cm³/mol. The van der Waals surface area contributed by atoms with Crippen LogP contribution >= 0.6 is 0 Å². The summed E-state index contributed by atoms with van der Waals surface area (Å²) in [7, 11) is 0. The number of aromatic nitrogens is 2. The molecule has 4 nitrogen and oxygen atoms in total. The highest BCUT2D eigenvalue weighted by Crippen LogP contribution is 2.06. The molecule has 13 heavy (non-hydrogen) atoms. The summed E-state index contributed by atoms with van der Waals surface area (Å²) in [5, 5.41) is 3.87. The molecule has 1 heterocycles. The summed E-state index contributed by atoms with van der Waals surface area (Å²) in [4.78, 5) is 4.25. The number of nitrogens with two attached hydrogens (primary N) is 1. The monoisotopic (exact) mass is 183 g/mol. The summed E-state index contributed by atoms with van der Waals surface area (Å²) < 4.78 is 5.07. The van der Waals surface area contributed by atoms with Crippen LogP contribution in [0.4, 0.5) is 0 Å². The van der Waals surface area contributed by atoms with Crippen molar-refractivity contribution in [2.24, 2.45) is 11.7 Å². The summed E-state index contributed by atoms with van der Waals surface area (Å²) in [5.41, 5.74) is 5.38. The number of rotatable bonds is 5. The molecule has 2 N–H and O–H groups in total. The summed E-state index contributed by atoms with van der Waals surface area (Å²) in [5.74, 6) is 2.07. The van der Waals surface area contributed by atoms with Gasteiger partial charge >= 0.3 is 0 Å². The van der Waals surface area contributed by atoms with E-state index in [9.17, 15) is 0 Å². The Morgan fingerprint density at radius 3 is 2.85 bits per heavy atom. The molecule has 0 amide bonds. The fourth-order valence-electron chi connectivity index (χ4n) is 1.08. The second-order valence-electron chi connectivity index (χ2n) is 3.59. The molecule has 0 saturated carbocycles. The van der Waals surface area contributed by atoms with Crippen LogP contribution in [0.1, 0.15) is 32.0 Å². The predicted octanol–water partition coefficient (Wildman–Crippen LogP) is 1.16. The van der Waals surface area contributed by atoms with E-state index in [1.165, 1.54) is 0 Å². The van der Waals surface area contributed by atoms with Crippen LogP contribution in [0.15, 0.2) is 4.52 Å². The van der Waals surface area contributed by atoms with E-state index in [0.717, 1.165) is 31.0 Å². The van der Waals surface area contributed by atoms with Gasteiger partial charge in [0, 0.05) is 12.8 Å². The molecular weight excluding hydrogens is 166 g/mol. The lowest BCUT2D eigenvalue weighted by molar-refractivity contribution is 0.358. The lowest BCUT2D eigenvalue weighted by Gasteiger charge is -1.95. The summed E-state index contributed by atoms with van der Waals surface area (Å²) in [6.45, 7) is 4.93. The molecule has 0 aliphatic carbocycles. The van der Waals surface area contributed by atoms with E-state index >= 15 is 0 Å². The minimum Gasteiger partial charge on any atom is -0.339 e. The Hall–Kier alpha value is -0.900. The molecule has 4 heteroatoms. The normalized spacial score (nSPS) is 11.1. The van der Waals surface area contributed by atoms with Crippen LogP contribution in [-0.2, 0) is 12.8 Å². The van der Waals surface area contributed by atoms with E-state index < -0.39 is 0 Å². The van der Waals surface area contributed by atoms with E-state index in [1.54, 1.807) is 0 Å². The van der Waals surface area contributed by atoms with Crippen LogP contribution in [0.25, 0.3) is 0 Å². The van der Waals surface area contributed by atoms with E-state index in [4.69, 9.17) is 10.3 Å². The third-order valence-corrected chi connectivity index (χ3v) is 1.70. The molecule has 0 aliphatic heterocycles. The molecule has 1 rings (SSSR count). The van der Waals surface area contributed by atoms with Crippen molar-refractivity contribution in [1.29, 1.82) is 0 Å². The largest absolute Gasteiger partial charge is 0.339 e. The Balaban J connectivity index is 2.44. The molecular formula is C9H17N3O. The van der Waals surface area contributed by atoms with Crippen molar-refractivity contribution >= 4 is 0 Å². The molecule has 0 unspecified atom stereocenters. The Labute approximate surface area is 78.5 Å². The van der Waals surface area contributed by atoms with Crippen molar-refractivity contribution in [3.05, 3.63) is 11.7 Å². The first-order valence-corrected chi connectivity index (χ1v) is 4.74. The smallest absolute Gasteiger partial charge is 0.226 e. The number of nitrogens with zero attached hydrogens (tertiary/aromatic N) is 2. The first-order valence-electron chi connectivity index (χ1n) is 4.74. The SMILES string of the molecule is CC(C)Cc1nc(CCCN)no1. The lowest BCUT2D eigenvalue weighted by atomic mass is 10.1. The highest BCUT2D eigenvalue weighted by atomic mass is 16.5. The first kappa shape index (κ1) is 10.2. The molecule has 0 bridgehead atoms. The molecule has 0 aliphatic rings. The van der Waals surface area contributed by atoms with E-state index in [-0.39, 0.29) is 0 Å². The van der Waals surface area contributed by atoms with Gasteiger partial charge in [-0.3, -0.25) is 0 Å². The van der Waals surface area contributed by atoms with E-state index in [1.807, 2.05) is 0 Å². The Morgan fingerprint density at radius 2 is 2.23 bits per heavy atom. The molecule has 0 aromatic carbocycles. The third-order valence-electron chi connectivity index (χ3n) is 1.70. The fraction of sp³-hybridized carbons (Fsp3) is 0.778. The summed E-state index contributed by atoms with van der Waals surface area (Å²) >= 11 is 0. The Kier molecular flexibility index (Phi) is 3.89. The van der Waals surface area contributed by atoms with Gasteiger partial charge in [0.25, 0.3) is 0 Å². The first-order chi connectivity index (χ1) is 6.22. The van der Waals surface area contributed by atoms with Gasteiger partial charge in [-0.1, -0.05) is 19.0 Å². The summed E-state index contributed by atoms with van der Waals surface area (Å²) in [6, 6.07) is 0. The second-order valence-corrected chi connectivity index (χ2v) is 3.59. The molecule has 0 saturated heterocycles. The molecule has 74 valence electrons. The molecule has 0 radical (unpaired) electrons. The van der Waals surface area contributed by atoms with E-state index in [2.05, 4.69) is 24.0 Å². The van der Waals surface area contributed by atoms with Crippen molar-refractivity contribution in [3.63, 3.8) is 0 Å². The quantitative estimate of drug-likeness (QED) is 0.744. The van der Waals surface area contributed by atoms with Crippen LogP contribution in [0.3, 0.4) is 0 Å².